The molecule has 0 spiro atoms. The monoisotopic (exact) mass is 300 g/mol. The van der Waals surface area contributed by atoms with Crippen LogP contribution in [0.1, 0.15) is 78.6 Å². The highest BCUT2D eigenvalue weighted by molar-refractivity contribution is 5.91. The molecule has 0 N–H and O–H groups in total. The number of fused-ring (bicyclic) bond motifs is 5. The van der Waals surface area contributed by atoms with Gasteiger partial charge in [0.2, 0.25) is 0 Å². The average molecular weight is 300 g/mol. The molecule has 1 nitrogen and oxygen atoms in total. The number of ketones is 1. The van der Waals surface area contributed by atoms with E-state index in [1.165, 1.54) is 50.5 Å². The van der Waals surface area contributed by atoms with Crippen molar-refractivity contribution in [2.24, 2.45) is 34.5 Å². The summed E-state index contributed by atoms with van der Waals surface area (Å²) in [7, 11) is 0. The van der Waals surface area contributed by atoms with Crippen LogP contribution in [-0.2, 0) is 4.79 Å². The molecule has 0 aromatic rings. The summed E-state index contributed by atoms with van der Waals surface area (Å²) < 4.78 is 0. The van der Waals surface area contributed by atoms with Gasteiger partial charge >= 0.3 is 0 Å². The summed E-state index contributed by atoms with van der Waals surface area (Å²) in [6.07, 6.45) is 13.7. The largest absolute Gasteiger partial charge is 0.295 e. The Bertz CT molecular complexity index is 518. The zero-order chi connectivity index (χ0) is 15.5. The molecule has 0 aromatic heterocycles. The minimum Gasteiger partial charge on any atom is -0.295 e. The molecule has 122 valence electrons. The van der Waals surface area contributed by atoms with Crippen LogP contribution >= 0.6 is 0 Å². The maximum absolute atomic E-state index is 11.9. The molecule has 4 aliphatic rings. The lowest BCUT2D eigenvalue weighted by Gasteiger charge is -2.58. The van der Waals surface area contributed by atoms with Gasteiger partial charge in [-0.15, -0.1) is 0 Å². The van der Waals surface area contributed by atoms with Crippen LogP contribution in [0.5, 0.6) is 0 Å². The second-order valence-corrected chi connectivity index (χ2v) is 9.20. The van der Waals surface area contributed by atoms with Gasteiger partial charge in [-0.25, -0.2) is 0 Å². The Labute approximate surface area is 135 Å². The second kappa shape index (κ2) is 4.95. The van der Waals surface area contributed by atoms with Crippen LogP contribution in [0.15, 0.2) is 11.6 Å². The molecule has 3 fully saturated rings. The third-order valence-electron chi connectivity index (χ3n) is 8.65. The Balaban J connectivity index is 1.67. The fourth-order valence-corrected chi connectivity index (χ4v) is 7.34. The van der Waals surface area contributed by atoms with Crippen molar-refractivity contribution in [1.82, 2.24) is 0 Å². The van der Waals surface area contributed by atoms with Gasteiger partial charge in [0.25, 0.3) is 0 Å². The predicted octanol–water partition coefficient (Wildman–Crippen LogP) is 5.54. The lowest BCUT2D eigenvalue weighted by atomic mass is 9.47. The first-order valence-corrected chi connectivity index (χ1v) is 9.73. The Kier molecular flexibility index (Phi) is 3.37. The van der Waals surface area contributed by atoms with Crippen molar-refractivity contribution in [2.75, 3.05) is 0 Å². The number of allylic oxidation sites excluding steroid dienone is 1. The molecular formula is C21H32O. The molecule has 0 radical (unpaired) electrons. The fourth-order valence-electron chi connectivity index (χ4n) is 7.34. The minimum atomic E-state index is 0.350. The molecule has 0 aliphatic heterocycles. The zero-order valence-corrected chi connectivity index (χ0v) is 14.7. The minimum absolute atomic E-state index is 0.350. The van der Waals surface area contributed by atoms with Gasteiger partial charge in [0.1, 0.15) is 0 Å². The van der Waals surface area contributed by atoms with Crippen LogP contribution < -0.4 is 0 Å². The van der Waals surface area contributed by atoms with Crippen LogP contribution in [-0.4, -0.2) is 5.78 Å². The normalized spacial score (nSPS) is 50.9. The van der Waals surface area contributed by atoms with E-state index < -0.39 is 0 Å². The fraction of sp³-hybridized carbons (Fsp3) is 0.857. The van der Waals surface area contributed by atoms with E-state index in [4.69, 9.17) is 0 Å². The van der Waals surface area contributed by atoms with Crippen LogP contribution in [0.3, 0.4) is 0 Å². The van der Waals surface area contributed by atoms with Gasteiger partial charge in [-0.3, -0.25) is 4.79 Å². The van der Waals surface area contributed by atoms with Crippen LogP contribution in [0, 0.1) is 34.5 Å². The number of carbonyl (C=O) groups is 1. The lowest BCUT2D eigenvalue weighted by molar-refractivity contribution is -0.117. The summed E-state index contributed by atoms with van der Waals surface area (Å²) in [6.45, 7) is 7.52. The van der Waals surface area contributed by atoms with E-state index in [9.17, 15) is 4.79 Å². The van der Waals surface area contributed by atoms with E-state index >= 15 is 0 Å². The Hall–Kier alpha value is -0.590. The van der Waals surface area contributed by atoms with Crippen LogP contribution in [0.4, 0.5) is 0 Å². The molecule has 4 rings (SSSR count). The standard InChI is InChI=1S/C21H32O/c1-4-14-6-8-18-17-7-5-15-13-16(22)9-11-21(15,3)19(17)10-12-20(14,18)2/h13-14,17-19H,4-12H2,1-3H3/t14-,17?,18?,19?,20-,21+/m1/s1. The summed E-state index contributed by atoms with van der Waals surface area (Å²) in [5.41, 5.74) is 2.49. The lowest BCUT2D eigenvalue weighted by Crippen LogP contribution is -2.50. The number of rotatable bonds is 1. The molecule has 4 aliphatic carbocycles. The summed E-state index contributed by atoms with van der Waals surface area (Å²) in [5.74, 6) is 4.11. The number of carbonyl (C=O) groups excluding carboxylic acids is 1. The van der Waals surface area contributed by atoms with Crippen molar-refractivity contribution in [2.45, 2.75) is 78.6 Å². The van der Waals surface area contributed by atoms with Gasteiger partial charge in [-0.1, -0.05) is 32.8 Å². The molecule has 0 saturated heterocycles. The van der Waals surface area contributed by atoms with Gasteiger partial charge in [-0.2, -0.15) is 0 Å². The van der Waals surface area contributed by atoms with Crippen molar-refractivity contribution in [1.29, 1.82) is 0 Å². The predicted molar refractivity (Wildman–Crippen MR) is 90.5 cm³/mol. The Morgan fingerprint density at radius 3 is 2.64 bits per heavy atom. The third-order valence-corrected chi connectivity index (χ3v) is 8.65. The van der Waals surface area contributed by atoms with Gasteiger partial charge in [0.05, 0.1) is 0 Å². The molecular weight excluding hydrogens is 268 g/mol. The Morgan fingerprint density at radius 1 is 1.05 bits per heavy atom. The second-order valence-electron chi connectivity index (χ2n) is 9.20. The van der Waals surface area contributed by atoms with Crippen molar-refractivity contribution in [3.05, 3.63) is 11.6 Å². The molecule has 0 heterocycles. The SMILES string of the molecule is CC[C@@H]1CCC2C3CCC4=CC(=O)CC[C@]4(C)C3CC[C@@]21C. The van der Waals surface area contributed by atoms with E-state index in [0.717, 1.165) is 36.5 Å². The number of hydrogen-bond acceptors (Lipinski definition) is 1. The third kappa shape index (κ3) is 1.86. The highest BCUT2D eigenvalue weighted by Gasteiger charge is 2.58. The van der Waals surface area contributed by atoms with Crippen molar-refractivity contribution in [3.63, 3.8) is 0 Å². The summed E-state index contributed by atoms with van der Waals surface area (Å²) in [6, 6.07) is 0. The molecule has 0 bridgehead atoms. The van der Waals surface area contributed by atoms with E-state index in [0.29, 0.717) is 16.6 Å². The van der Waals surface area contributed by atoms with Gasteiger partial charge < -0.3 is 0 Å². The van der Waals surface area contributed by atoms with Gasteiger partial charge in [0.15, 0.2) is 5.78 Å². The average Bonchev–Trinajstić information content (AvgIpc) is 2.84. The van der Waals surface area contributed by atoms with Crippen molar-refractivity contribution < 1.29 is 4.79 Å². The summed E-state index contributed by atoms with van der Waals surface area (Å²) in [4.78, 5) is 11.9. The van der Waals surface area contributed by atoms with Gasteiger partial charge in [0, 0.05) is 6.42 Å². The Morgan fingerprint density at radius 2 is 1.86 bits per heavy atom. The summed E-state index contributed by atoms with van der Waals surface area (Å²) in [5, 5.41) is 0. The van der Waals surface area contributed by atoms with Crippen molar-refractivity contribution in [3.8, 4) is 0 Å². The molecule has 6 atom stereocenters. The zero-order valence-electron chi connectivity index (χ0n) is 14.7. The summed E-state index contributed by atoms with van der Waals surface area (Å²) >= 11 is 0. The van der Waals surface area contributed by atoms with Crippen LogP contribution in [0.25, 0.3) is 0 Å². The maximum atomic E-state index is 11.9. The molecule has 22 heavy (non-hydrogen) atoms. The molecule has 0 amide bonds. The molecule has 3 saturated carbocycles. The van der Waals surface area contributed by atoms with E-state index in [2.05, 4.69) is 20.8 Å². The molecule has 1 heteroatoms. The van der Waals surface area contributed by atoms with E-state index in [1.807, 2.05) is 6.08 Å². The first kappa shape index (κ1) is 15.0. The van der Waals surface area contributed by atoms with Crippen LogP contribution in [0.2, 0.25) is 0 Å². The first-order chi connectivity index (χ1) is 10.5. The first-order valence-electron chi connectivity index (χ1n) is 9.73. The van der Waals surface area contributed by atoms with Crippen molar-refractivity contribution >= 4 is 5.78 Å². The van der Waals surface area contributed by atoms with E-state index in [1.54, 1.807) is 0 Å². The highest BCUT2D eigenvalue weighted by atomic mass is 16.1. The number of hydrogen-bond donors (Lipinski definition) is 0. The maximum Gasteiger partial charge on any atom is 0.155 e. The highest BCUT2D eigenvalue weighted by Crippen LogP contribution is 2.66. The topological polar surface area (TPSA) is 17.1 Å². The molecule has 0 aromatic carbocycles. The quantitative estimate of drug-likeness (QED) is 0.621. The van der Waals surface area contributed by atoms with E-state index in [-0.39, 0.29) is 0 Å². The smallest absolute Gasteiger partial charge is 0.155 e. The molecule has 3 unspecified atom stereocenters. The van der Waals surface area contributed by atoms with Gasteiger partial charge in [-0.05, 0) is 85.5 Å².